The van der Waals surface area contributed by atoms with Crippen molar-refractivity contribution in [3.8, 4) is 6.07 Å². The fraction of sp³-hybridized carbons (Fsp3) is 0.286. The lowest BCUT2D eigenvalue weighted by atomic mass is 10.1. The molecule has 2 aliphatic rings. The average molecular weight is 501 g/mol. The largest absolute Gasteiger partial charge is 0.334 e. The molecule has 0 spiro atoms. The first-order chi connectivity index (χ1) is 14.6. The van der Waals surface area contributed by atoms with E-state index in [1.165, 1.54) is 30.3 Å². The number of nitrogens with one attached hydrogen (secondary N) is 2. The number of alkyl halides is 2. The lowest BCUT2D eigenvalue weighted by Crippen LogP contribution is -2.35. The zero-order valence-corrected chi connectivity index (χ0v) is 18.7. The summed E-state index contributed by atoms with van der Waals surface area (Å²) in [6.07, 6.45) is 1.15. The molecule has 160 valence electrons. The molecule has 0 bridgehead atoms. The van der Waals surface area contributed by atoms with E-state index < -0.39 is 39.3 Å². The van der Waals surface area contributed by atoms with Crippen LogP contribution in [0.4, 0.5) is 10.1 Å². The first-order valence-corrected chi connectivity index (χ1v) is 10.8. The first kappa shape index (κ1) is 22.2. The molecule has 0 aliphatic heterocycles. The van der Waals surface area contributed by atoms with Gasteiger partial charge < -0.3 is 10.6 Å². The van der Waals surface area contributed by atoms with Crippen LogP contribution in [0.5, 0.6) is 0 Å². The fourth-order valence-electron chi connectivity index (χ4n) is 3.49. The van der Waals surface area contributed by atoms with Crippen molar-refractivity contribution in [1.29, 1.82) is 5.26 Å². The number of nitrogens with zero attached hydrogens (tertiary/aromatic N) is 1. The maximum atomic E-state index is 13.7. The van der Waals surface area contributed by atoms with Crippen molar-refractivity contribution in [1.82, 2.24) is 5.32 Å². The maximum Gasteiger partial charge on any atom is 0.254 e. The molecule has 0 aromatic heterocycles. The van der Waals surface area contributed by atoms with Crippen LogP contribution < -0.4 is 10.6 Å². The second-order valence-electron chi connectivity index (χ2n) is 7.66. The lowest BCUT2D eigenvalue weighted by molar-refractivity contribution is -0.117. The Morgan fingerprint density at radius 2 is 1.84 bits per heavy atom. The molecular formula is C21H14Cl4FN3O2. The van der Waals surface area contributed by atoms with Crippen LogP contribution in [-0.2, 0) is 4.79 Å². The minimum Gasteiger partial charge on any atom is -0.334 e. The van der Waals surface area contributed by atoms with Gasteiger partial charge in [0.05, 0.1) is 22.6 Å². The van der Waals surface area contributed by atoms with E-state index >= 15 is 0 Å². The first-order valence-electron chi connectivity index (χ1n) is 9.24. The molecule has 2 atom stereocenters. The molecule has 2 saturated carbocycles. The van der Waals surface area contributed by atoms with Gasteiger partial charge in [-0.2, -0.15) is 5.26 Å². The predicted octanol–water partition coefficient (Wildman–Crippen LogP) is 5.44. The Kier molecular flexibility index (Phi) is 5.60. The number of hydrogen-bond acceptors (Lipinski definition) is 3. The van der Waals surface area contributed by atoms with Gasteiger partial charge in [0.25, 0.3) is 5.91 Å². The maximum absolute atomic E-state index is 13.7. The number of benzene rings is 2. The topological polar surface area (TPSA) is 82.0 Å². The van der Waals surface area contributed by atoms with Gasteiger partial charge in [-0.3, -0.25) is 9.59 Å². The van der Waals surface area contributed by atoms with E-state index in [2.05, 4.69) is 16.7 Å². The van der Waals surface area contributed by atoms with Gasteiger partial charge in [0.1, 0.15) is 15.7 Å². The standard InChI is InChI=1S/C21H14Cl4FN3O2/c22-11-5-10(6-12(26)7-11)16-17(21(16,24)25)19(31)28-13-1-2-15(23)14(8-13)18(30)29-20(9-27)3-4-20/h1-2,5-8,16-17H,3-4H2,(H,28,31)(H,29,30)/t16-,17+/m1/s1. The van der Waals surface area contributed by atoms with Crippen LogP contribution in [0.3, 0.4) is 0 Å². The van der Waals surface area contributed by atoms with Gasteiger partial charge in [0.15, 0.2) is 0 Å². The summed E-state index contributed by atoms with van der Waals surface area (Å²) in [4.78, 5) is 25.3. The quantitative estimate of drug-likeness (QED) is 0.536. The number of nitriles is 1. The molecule has 2 amide bonds. The third kappa shape index (κ3) is 4.33. The lowest BCUT2D eigenvalue weighted by Gasteiger charge is -2.12. The third-order valence-corrected chi connectivity index (χ3v) is 6.86. The Morgan fingerprint density at radius 3 is 2.45 bits per heavy atom. The normalized spacial score (nSPS) is 22.2. The SMILES string of the molecule is N#CC1(NC(=O)c2cc(NC(=O)[C@@H]3[C@@H](c4cc(F)cc(Cl)c4)C3(Cl)Cl)ccc2Cl)CC1. The van der Waals surface area contributed by atoms with Crippen LogP contribution >= 0.6 is 46.4 Å². The van der Waals surface area contributed by atoms with Crippen LogP contribution in [0.1, 0.15) is 34.7 Å². The average Bonchev–Trinajstić information content (AvgIpc) is 3.57. The van der Waals surface area contributed by atoms with Crippen molar-refractivity contribution in [3.63, 3.8) is 0 Å². The molecule has 0 saturated heterocycles. The Balaban J connectivity index is 1.51. The van der Waals surface area contributed by atoms with Crippen molar-refractivity contribution in [2.75, 3.05) is 5.32 Å². The van der Waals surface area contributed by atoms with Crippen molar-refractivity contribution in [2.45, 2.75) is 28.6 Å². The Morgan fingerprint density at radius 1 is 1.13 bits per heavy atom. The predicted molar refractivity (Wildman–Crippen MR) is 117 cm³/mol. The van der Waals surface area contributed by atoms with Gasteiger partial charge in [-0.05, 0) is 54.8 Å². The Labute approximate surface area is 197 Å². The molecule has 2 aromatic rings. The van der Waals surface area contributed by atoms with Gasteiger partial charge in [-0.15, -0.1) is 23.2 Å². The van der Waals surface area contributed by atoms with E-state index in [1.54, 1.807) is 0 Å². The number of rotatable bonds is 5. The molecule has 0 heterocycles. The molecule has 31 heavy (non-hydrogen) atoms. The van der Waals surface area contributed by atoms with E-state index in [0.29, 0.717) is 24.1 Å². The third-order valence-electron chi connectivity index (χ3n) is 5.38. The molecule has 2 N–H and O–H groups in total. The highest BCUT2D eigenvalue weighted by atomic mass is 35.5. The summed E-state index contributed by atoms with van der Waals surface area (Å²) in [6.45, 7) is 0. The molecule has 4 rings (SSSR count). The molecule has 10 heteroatoms. The van der Waals surface area contributed by atoms with E-state index in [0.717, 1.165) is 6.07 Å². The van der Waals surface area contributed by atoms with Crippen LogP contribution in [0.15, 0.2) is 36.4 Å². The van der Waals surface area contributed by atoms with Crippen molar-refractivity contribution >= 4 is 63.9 Å². The zero-order valence-electron chi connectivity index (χ0n) is 15.7. The second-order valence-corrected chi connectivity index (χ2v) is 9.95. The van der Waals surface area contributed by atoms with E-state index in [1.807, 2.05) is 0 Å². The minimum absolute atomic E-state index is 0.119. The van der Waals surface area contributed by atoms with Crippen molar-refractivity contribution in [2.24, 2.45) is 5.92 Å². The summed E-state index contributed by atoms with van der Waals surface area (Å²) >= 11 is 24.6. The summed E-state index contributed by atoms with van der Waals surface area (Å²) in [5, 5.41) is 14.8. The van der Waals surface area contributed by atoms with Gasteiger partial charge in [0, 0.05) is 16.6 Å². The summed E-state index contributed by atoms with van der Waals surface area (Å²) in [5.41, 5.74) is -0.0245. The zero-order chi connectivity index (χ0) is 22.6. The minimum atomic E-state index is -1.43. The highest BCUT2D eigenvalue weighted by Crippen LogP contribution is 2.65. The molecule has 2 aromatic carbocycles. The van der Waals surface area contributed by atoms with E-state index in [4.69, 9.17) is 51.7 Å². The Hall–Kier alpha value is -2.04. The molecule has 2 aliphatic carbocycles. The van der Waals surface area contributed by atoms with Gasteiger partial charge in [-0.1, -0.05) is 23.2 Å². The molecule has 0 radical (unpaired) electrons. The summed E-state index contributed by atoms with van der Waals surface area (Å²) < 4.78 is 12.3. The Bertz CT molecular complexity index is 1120. The molecule has 5 nitrogen and oxygen atoms in total. The number of carbonyl (C=O) groups excluding carboxylic acids is 2. The van der Waals surface area contributed by atoms with E-state index in [9.17, 15) is 14.0 Å². The van der Waals surface area contributed by atoms with Crippen LogP contribution in [0.25, 0.3) is 0 Å². The fourth-order valence-corrected chi connectivity index (χ4v) is 4.76. The number of anilines is 1. The number of carbonyl (C=O) groups is 2. The smallest absolute Gasteiger partial charge is 0.254 e. The van der Waals surface area contributed by atoms with Gasteiger partial charge >= 0.3 is 0 Å². The highest BCUT2D eigenvalue weighted by molar-refractivity contribution is 6.53. The van der Waals surface area contributed by atoms with Crippen molar-refractivity contribution < 1.29 is 14.0 Å². The number of amides is 2. The van der Waals surface area contributed by atoms with Gasteiger partial charge in [0.2, 0.25) is 5.91 Å². The monoisotopic (exact) mass is 499 g/mol. The van der Waals surface area contributed by atoms with Crippen LogP contribution in [0.2, 0.25) is 10.0 Å². The highest BCUT2D eigenvalue weighted by Gasteiger charge is 2.67. The molecule has 2 fully saturated rings. The molecule has 0 unspecified atom stereocenters. The van der Waals surface area contributed by atoms with Crippen molar-refractivity contribution in [3.05, 3.63) is 63.4 Å². The van der Waals surface area contributed by atoms with Gasteiger partial charge in [-0.25, -0.2) is 4.39 Å². The molecular weight excluding hydrogens is 487 g/mol. The van der Waals surface area contributed by atoms with E-state index in [-0.39, 0.29) is 15.6 Å². The second kappa shape index (κ2) is 7.83. The summed E-state index contributed by atoms with van der Waals surface area (Å²) in [5.74, 6) is -3.07. The summed E-state index contributed by atoms with van der Waals surface area (Å²) in [7, 11) is 0. The van der Waals surface area contributed by atoms with Crippen LogP contribution in [0, 0.1) is 23.1 Å². The summed E-state index contributed by atoms with van der Waals surface area (Å²) in [6, 6.07) is 10.3. The number of halogens is 5. The number of hydrogen-bond donors (Lipinski definition) is 2. The van der Waals surface area contributed by atoms with Crippen LogP contribution in [-0.4, -0.2) is 21.7 Å².